The summed E-state index contributed by atoms with van der Waals surface area (Å²) < 4.78 is 5.24. The Bertz CT molecular complexity index is 551. The van der Waals surface area contributed by atoms with Gasteiger partial charge in [0.2, 0.25) is 0 Å². The molecule has 88 valence electrons. The minimum atomic E-state index is -0.337. The summed E-state index contributed by atoms with van der Waals surface area (Å²) in [7, 11) is 0. The lowest BCUT2D eigenvalue weighted by Crippen LogP contribution is -2.27. The van der Waals surface area contributed by atoms with Crippen LogP contribution in [0.25, 0.3) is 11.1 Å². The van der Waals surface area contributed by atoms with Gasteiger partial charge >= 0.3 is 0 Å². The highest BCUT2D eigenvalue weighted by Crippen LogP contribution is 2.15. The Morgan fingerprint density at radius 1 is 1.47 bits per heavy atom. The normalized spacial score (nSPS) is 11.6. The lowest BCUT2D eigenvalue weighted by molar-refractivity contribution is 0.445. The van der Waals surface area contributed by atoms with Gasteiger partial charge in [-0.2, -0.15) is 5.26 Å². The lowest BCUT2D eigenvalue weighted by Gasteiger charge is -2.15. The number of aromatic nitrogens is 1. The van der Waals surface area contributed by atoms with Gasteiger partial charge in [0.15, 0.2) is 12.0 Å². The molecule has 0 amide bonds. The number of nitrogens with one attached hydrogen (secondary N) is 1. The van der Waals surface area contributed by atoms with Crippen LogP contribution in [0.15, 0.2) is 29.0 Å². The van der Waals surface area contributed by atoms with E-state index in [0.29, 0.717) is 6.54 Å². The van der Waals surface area contributed by atoms with Crippen LogP contribution < -0.4 is 5.32 Å². The van der Waals surface area contributed by atoms with Gasteiger partial charge in [0, 0.05) is 13.1 Å². The molecule has 0 saturated heterocycles. The fourth-order valence-corrected chi connectivity index (χ4v) is 1.57. The van der Waals surface area contributed by atoms with E-state index in [1.165, 1.54) is 6.39 Å². The summed E-state index contributed by atoms with van der Waals surface area (Å²) in [4.78, 5) is 4.06. The first kappa shape index (κ1) is 11.6. The maximum Gasteiger partial charge on any atom is 0.181 e. The van der Waals surface area contributed by atoms with E-state index in [9.17, 15) is 0 Å². The maximum atomic E-state index is 8.89. The number of nitrogens with zero attached hydrogens (tertiary/aromatic N) is 2. The molecule has 0 fully saturated rings. The van der Waals surface area contributed by atoms with Crippen molar-refractivity contribution >= 4 is 11.1 Å². The van der Waals surface area contributed by atoms with Crippen molar-refractivity contribution in [3.8, 4) is 6.07 Å². The third kappa shape index (κ3) is 2.83. The molecular formula is C13H15N3O. The molecule has 2 aromatic rings. The number of oxazole rings is 1. The van der Waals surface area contributed by atoms with Crippen LogP contribution in [0.1, 0.15) is 19.4 Å². The Balaban J connectivity index is 1.97. The van der Waals surface area contributed by atoms with Crippen LogP contribution in [0.2, 0.25) is 0 Å². The van der Waals surface area contributed by atoms with Gasteiger partial charge in [-0.25, -0.2) is 4.98 Å². The summed E-state index contributed by atoms with van der Waals surface area (Å²) in [6.45, 7) is 5.22. The standard InChI is InChI=1S/C13H15N3O/c1-13(2,7-14)8-15-6-10-3-4-11-12(5-10)17-9-16-11/h3-5,9,15H,6,8H2,1-2H3. The van der Waals surface area contributed by atoms with Crippen molar-refractivity contribution in [2.75, 3.05) is 6.54 Å². The minimum absolute atomic E-state index is 0.337. The first-order chi connectivity index (χ1) is 8.11. The molecular weight excluding hydrogens is 214 g/mol. The van der Waals surface area contributed by atoms with E-state index in [-0.39, 0.29) is 5.41 Å². The summed E-state index contributed by atoms with van der Waals surface area (Å²) in [5.74, 6) is 0. The molecule has 0 spiro atoms. The summed E-state index contributed by atoms with van der Waals surface area (Å²) in [6, 6.07) is 8.18. The Kier molecular flexibility index (Phi) is 3.12. The number of hydrogen-bond donors (Lipinski definition) is 1. The molecule has 0 aliphatic heterocycles. The largest absolute Gasteiger partial charge is 0.443 e. The third-order valence-electron chi connectivity index (χ3n) is 2.59. The van der Waals surface area contributed by atoms with Crippen molar-refractivity contribution in [2.24, 2.45) is 5.41 Å². The van der Waals surface area contributed by atoms with Gasteiger partial charge in [-0.05, 0) is 31.5 Å². The Morgan fingerprint density at radius 3 is 3.06 bits per heavy atom. The van der Waals surface area contributed by atoms with E-state index in [4.69, 9.17) is 9.68 Å². The lowest BCUT2D eigenvalue weighted by atomic mass is 9.96. The van der Waals surface area contributed by atoms with Gasteiger partial charge in [0.1, 0.15) is 5.52 Å². The Morgan fingerprint density at radius 2 is 2.29 bits per heavy atom. The van der Waals surface area contributed by atoms with Gasteiger partial charge in [0.25, 0.3) is 0 Å². The van der Waals surface area contributed by atoms with Crippen LogP contribution in [0, 0.1) is 16.7 Å². The van der Waals surface area contributed by atoms with E-state index >= 15 is 0 Å². The molecule has 2 rings (SSSR count). The van der Waals surface area contributed by atoms with Crippen LogP contribution in [0.3, 0.4) is 0 Å². The minimum Gasteiger partial charge on any atom is -0.443 e. The fourth-order valence-electron chi connectivity index (χ4n) is 1.57. The second-order valence-corrected chi connectivity index (χ2v) is 4.75. The fraction of sp³-hybridized carbons (Fsp3) is 0.385. The van der Waals surface area contributed by atoms with Crippen LogP contribution in [-0.4, -0.2) is 11.5 Å². The highest BCUT2D eigenvalue weighted by molar-refractivity contribution is 5.72. The van der Waals surface area contributed by atoms with Crippen molar-refractivity contribution in [2.45, 2.75) is 20.4 Å². The molecule has 4 nitrogen and oxygen atoms in total. The van der Waals surface area contributed by atoms with Gasteiger partial charge in [-0.15, -0.1) is 0 Å². The van der Waals surface area contributed by atoms with Crippen LogP contribution in [-0.2, 0) is 6.54 Å². The molecule has 1 N–H and O–H groups in total. The van der Waals surface area contributed by atoms with Crippen LogP contribution in [0.5, 0.6) is 0 Å². The summed E-state index contributed by atoms with van der Waals surface area (Å²) >= 11 is 0. The highest BCUT2D eigenvalue weighted by Gasteiger charge is 2.15. The van der Waals surface area contributed by atoms with E-state index < -0.39 is 0 Å². The molecule has 17 heavy (non-hydrogen) atoms. The molecule has 1 aromatic carbocycles. The van der Waals surface area contributed by atoms with Crippen molar-refractivity contribution in [3.63, 3.8) is 0 Å². The van der Waals surface area contributed by atoms with Crippen molar-refractivity contribution in [3.05, 3.63) is 30.2 Å². The van der Waals surface area contributed by atoms with E-state index in [1.54, 1.807) is 0 Å². The van der Waals surface area contributed by atoms with Crippen molar-refractivity contribution < 1.29 is 4.42 Å². The van der Waals surface area contributed by atoms with Crippen molar-refractivity contribution in [1.29, 1.82) is 5.26 Å². The Labute approximate surface area is 100 Å². The molecule has 4 heteroatoms. The molecule has 0 unspecified atom stereocenters. The molecule has 0 aliphatic rings. The van der Waals surface area contributed by atoms with Crippen molar-refractivity contribution in [1.82, 2.24) is 10.3 Å². The summed E-state index contributed by atoms with van der Waals surface area (Å²) in [5.41, 5.74) is 2.45. The summed E-state index contributed by atoms with van der Waals surface area (Å²) in [5, 5.41) is 12.2. The predicted molar refractivity (Wildman–Crippen MR) is 65.1 cm³/mol. The van der Waals surface area contributed by atoms with Crippen LogP contribution >= 0.6 is 0 Å². The number of benzene rings is 1. The average molecular weight is 229 g/mol. The number of nitriles is 1. The Hall–Kier alpha value is -1.86. The third-order valence-corrected chi connectivity index (χ3v) is 2.59. The van der Waals surface area contributed by atoms with Gasteiger partial charge < -0.3 is 9.73 Å². The second-order valence-electron chi connectivity index (χ2n) is 4.75. The quantitative estimate of drug-likeness (QED) is 0.874. The highest BCUT2D eigenvalue weighted by atomic mass is 16.3. The zero-order chi connectivity index (χ0) is 12.3. The number of hydrogen-bond acceptors (Lipinski definition) is 4. The van der Waals surface area contributed by atoms with Crippen LogP contribution in [0.4, 0.5) is 0 Å². The maximum absolute atomic E-state index is 8.89. The second kappa shape index (κ2) is 4.56. The molecule has 0 radical (unpaired) electrons. The number of fused-ring (bicyclic) bond motifs is 1. The summed E-state index contributed by atoms with van der Waals surface area (Å²) in [6.07, 6.45) is 1.45. The zero-order valence-corrected chi connectivity index (χ0v) is 10.0. The first-order valence-electron chi connectivity index (χ1n) is 5.55. The topological polar surface area (TPSA) is 61.9 Å². The van der Waals surface area contributed by atoms with Gasteiger partial charge in [-0.3, -0.25) is 0 Å². The van der Waals surface area contributed by atoms with Gasteiger partial charge in [-0.1, -0.05) is 6.07 Å². The molecule has 0 aliphatic carbocycles. The van der Waals surface area contributed by atoms with E-state index in [0.717, 1.165) is 23.2 Å². The molecule has 0 atom stereocenters. The van der Waals surface area contributed by atoms with E-state index in [2.05, 4.69) is 16.4 Å². The monoisotopic (exact) mass is 229 g/mol. The molecule has 1 heterocycles. The molecule has 0 bridgehead atoms. The molecule has 0 saturated carbocycles. The molecule has 1 aromatic heterocycles. The van der Waals surface area contributed by atoms with Gasteiger partial charge in [0.05, 0.1) is 11.5 Å². The smallest absolute Gasteiger partial charge is 0.181 e. The predicted octanol–water partition coefficient (Wildman–Crippen LogP) is 2.47. The first-order valence-corrected chi connectivity index (χ1v) is 5.55. The SMILES string of the molecule is CC(C)(C#N)CNCc1ccc2ncoc2c1. The number of rotatable bonds is 4. The van der Waals surface area contributed by atoms with E-state index in [1.807, 2.05) is 32.0 Å². The zero-order valence-electron chi connectivity index (χ0n) is 10.0. The average Bonchev–Trinajstić information content (AvgIpc) is 2.76.